The molecule has 1 aromatic carbocycles. The molecule has 1 saturated heterocycles. The summed E-state index contributed by atoms with van der Waals surface area (Å²) in [6.45, 7) is 2.38. The van der Waals surface area contributed by atoms with Gasteiger partial charge in [0.25, 0.3) is 0 Å². The van der Waals surface area contributed by atoms with Crippen LogP contribution in [-0.2, 0) is 0 Å². The number of para-hydroxylation sites is 1. The lowest BCUT2D eigenvalue weighted by atomic mass is 9.90. The van der Waals surface area contributed by atoms with Crippen LogP contribution in [0.1, 0.15) is 24.3 Å². The monoisotopic (exact) mass is 205 g/mol. The molecule has 82 valence electrons. The third-order valence-electron chi connectivity index (χ3n) is 3.20. The Morgan fingerprint density at radius 3 is 2.87 bits per heavy atom. The summed E-state index contributed by atoms with van der Waals surface area (Å²) in [5.41, 5.74) is 1.37. The van der Waals surface area contributed by atoms with E-state index in [1.54, 1.807) is 7.11 Å². The Balaban J connectivity index is 2.20. The Hall–Kier alpha value is -1.02. The molecule has 0 bridgehead atoms. The fraction of sp³-hybridized carbons (Fsp3) is 0.538. The number of hydrogen-bond acceptors (Lipinski definition) is 2. The van der Waals surface area contributed by atoms with E-state index in [0.717, 1.165) is 12.3 Å². The Morgan fingerprint density at radius 2 is 2.13 bits per heavy atom. The van der Waals surface area contributed by atoms with E-state index >= 15 is 0 Å². The van der Waals surface area contributed by atoms with Crippen molar-refractivity contribution in [3.63, 3.8) is 0 Å². The van der Waals surface area contributed by atoms with Crippen molar-refractivity contribution in [2.45, 2.75) is 18.8 Å². The van der Waals surface area contributed by atoms with Gasteiger partial charge < -0.3 is 9.64 Å². The van der Waals surface area contributed by atoms with Crippen LogP contribution < -0.4 is 4.74 Å². The van der Waals surface area contributed by atoms with Crippen LogP contribution in [0.25, 0.3) is 0 Å². The van der Waals surface area contributed by atoms with Crippen LogP contribution in [0, 0.1) is 0 Å². The molecule has 1 atom stereocenters. The fourth-order valence-electron chi connectivity index (χ4n) is 2.42. The minimum atomic E-state index is 0.639. The maximum Gasteiger partial charge on any atom is 0.122 e. The fourth-order valence-corrected chi connectivity index (χ4v) is 2.42. The second-order valence-electron chi connectivity index (χ2n) is 4.34. The first-order valence-corrected chi connectivity index (χ1v) is 5.62. The summed E-state index contributed by atoms with van der Waals surface area (Å²) in [5.74, 6) is 1.68. The molecular weight excluding hydrogens is 186 g/mol. The zero-order chi connectivity index (χ0) is 10.7. The van der Waals surface area contributed by atoms with Crippen LogP contribution in [0.4, 0.5) is 0 Å². The Labute approximate surface area is 91.9 Å². The Morgan fingerprint density at radius 1 is 1.33 bits per heavy atom. The van der Waals surface area contributed by atoms with E-state index in [2.05, 4.69) is 30.1 Å². The number of ether oxygens (including phenoxy) is 1. The maximum absolute atomic E-state index is 5.42. The van der Waals surface area contributed by atoms with Crippen LogP contribution >= 0.6 is 0 Å². The van der Waals surface area contributed by atoms with Crippen LogP contribution in [0.2, 0.25) is 0 Å². The maximum atomic E-state index is 5.42. The molecule has 0 spiro atoms. The zero-order valence-corrected chi connectivity index (χ0v) is 9.57. The van der Waals surface area contributed by atoms with E-state index < -0.39 is 0 Å². The van der Waals surface area contributed by atoms with Gasteiger partial charge in [0.05, 0.1) is 7.11 Å². The highest BCUT2D eigenvalue weighted by Crippen LogP contribution is 2.32. The summed E-state index contributed by atoms with van der Waals surface area (Å²) in [6, 6.07) is 8.40. The van der Waals surface area contributed by atoms with E-state index in [0.29, 0.717) is 5.92 Å². The molecule has 2 rings (SSSR count). The molecule has 0 aliphatic carbocycles. The standard InChI is InChI=1S/C13H19NO/c1-14-9-5-6-11(10-14)12-7-3-4-8-13(12)15-2/h3-4,7-8,11H,5-6,9-10H2,1-2H3. The number of likely N-dealkylation sites (N-methyl/N-ethyl adjacent to an activating group) is 1. The number of nitrogens with zero attached hydrogens (tertiary/aromatic N) is 1. The van der Waals surface area contributed by atoms with Crippen molar-refractivity contribution in [1.82, 2.24) is 4.90 Å². The SMILES string of the molecule is COc1ccccc1C1CCCN(C)C1. The van der Waals surface area contributed by atoms with Crippen molar-refractivity contribution in [2.75, 3.05) is 27.2 Å². The molecule has 0 N–H and O–H groups in total. The minimum absolute atomic E-state index is 0.639. The Kier molecular flexibility index (Phi) is 3.27. The molecule has 1 aliphatic rings. The van der Waals surface area contributed by atoms with E-state index in [4.69, 9.17) is 4.74 Å². The van der Waals surface area contributed by atoms with Gasteiger partial charge in [0.1, 0.15) is 5.75 Å². The van der Waals surface area contributed by atoms with Crippen LogP contribution in [0.15, 0.2) is 24.3 Å². The molecule has 1 heterocycles. The third-order valence-corrected chi connectivity index (χ3v) is 3.20. The van der Waals surface area contributed by atoms with Crippen molar-refractivity contribution in [3.05, 3.63) is 29.8 Å². The molecule has 2 heteroatoms. The summed E-state index contributed by atoms with van der Waals surface area (Å²) in [6.07, 6.45) is 2.57. The van der Waals surface area contributed by atoms with E-state index in [9.17, 15) is 0 Å². The number of hydrogen-bond donors (Lipinski definition) is 0. The molecule has 0 radical (unpaired) electrons. The van der Waals surface area contributed by atoms with Gasteiger partial charge in [0, 0.05) is 12.5 Å². The lowest BCUT2D eigenvalue weighted by molar-refractivity contribution is 0.247. The van der Waals surface area contributed by atoms with Crippen molar-refractivity contribution in [1.29, 1.82) is 0 Å². The van der Waals surface area contributed by atoms with Crippen LogP contribution in [-0.4, -0.2) is 32.1 Å². The van der Waals surface area contributed by atoms with Gasteiger partial charge in [-0.1, -0.05) is 18.2 Å². The van der Waals surface area contributed by atoms with Gasteiger partial charge in [-0.05, 0) is 38.1 Å². The first kappa shape index (κ1) is 10.5. The predicted octanol–water partition coefficient (Wildman–Crippen LogP) is 2.50. The number of likely N-dealkylation sites (tertiary alicyclic amines) is 1. The molecule has 1 fully saturated rings. The van der Waals surface area contributed by atoms with Gasteiger partial charge in [-0.15, -0.1) is 0 Å². The number of benzene rings is 1. The molecule has 1 aromatic rings. The predicted molar refractivity (Wildman–Crippen MR) is 62.5 cm³/mol. The summed E-state index contributed by atoms with van der Waals surface area (Å²) < 4.78 is 5.42. The highest BCUT2D eigenvalue weighted by molar-refractivity contribution is 5.36. The van der Waals surface area contributed by atoms with Gasteiger partial charge in [-0.3, -0.25) is 0 Å². The molecule has 0 saturated carbocycles. The number of rotatable bonds is 2. The molecule has 15 heavy (non-hydrogen) atoms. The highest BCUT2D eigenvalue weighted by Gasteiger charge is 2.21. The minimum Gasteiger partial charge on any atom is -0.496 e. The smallest absolute Gasteiger partial charge is 0.122 e. The van der Waals surface area contributed by atoms with Crippen molar-refractivity contribution >= 4 is 0 Å². The van der Waals surface area contributed by atoms with Gasteiger partial charge in [0.2, 0.25) is 0 Å². The summed E-state index contributed by atoms with van der Waals surface area (Å²) >= 11 is 0. The average Bonchev–Trinajstić information content (AvgIpc) is 2.29. The lowest BCUT2D eigenvalue weighted by Gasteiger charge is -2.30. The zero-order valence-electron chi connectivity index (χ0n) is 9.57. The third kappa shape index (κ3) is 2.32. The lowest BCUT2D eigenvalue weighted by Crippen LogP contribution is -2.30. The van der Waals surface area contributed by atoms with Gasteiger partial charge in [-0.2, -0.15) is 0 Å². The average molecular weight is 205 g/mol. The summed E-state index contributed by atoms with van der Waals surface area (Å²) in [4.78, 5) is 2.40. The first-order valence-electron chi connectivity index (χ1n) is 5.62. The van der Waals surface area contributed by atoms with E-state index in [1.165, 1.54) is 24.9 Å². The second kappa shape index (κ2) is 4.67. The van der Waals surface area contributed by atoms with Crippen LogP contribution in [0.3, 0.4) is 0 Å². The molecule has 1 unspecified atom stereocenters. The molecule has 0 amide bonds. The van der Waals surface area contributed by atoms with Crippen molar-refractivity contribution in [2.24, 2.45) is 0 Å². The van der Waals surface area contributed by atoms with E-state index in [1.807, 2.05) is 6.07 Å². The molecule has 2 nitrogen and oxygen atoms in total. The largest absolute Gasteiger partial charge is 0.496 e. The highest BCUT2D eigenvalue weighted by atomic mass is 16.5. The number of methoxy groups -OCH3 is 1. The number of piperidine rings is 1. The normalized spacial score (nSPS) is 22.7. The van der Waals surface area contributed by atoms with Gasteiger partial charge in [-0.25, -0.2) is 0 Å². The van der Waals surface area contributed by atoms with E-state index in [-0.39, 0.29) is 0 Å². The van der Waals surface area contributed by atoms with Crippen molar-refractivity contribution < 1.29 is 4.74 Å². The molecule has 0 aromatic heterocycles. The second-order valence-corrected chi connectivity index (χ2v) is 4.34. The van der Waals surface area contributed by atoms with Crippen molar-refractivity contribution in [3.8, 4) is 5.75 Å². The summed E-state index contributed by atoms with van der Waals surface area (Å²) in [5, 5.41) is 0. The molecule has 1 aliphatic heterocycles. The Bertz CT molecular complexity index is 324. The topological polar surface area (TPSA) is 12.5 Å². The summed E-state index contributed by atoms with van der Waals surface area (Å²) in [7, 11) is 3.95. The van der Waals surface area contributed by atoms with Gasteiger partial charge >= 0.3 is 0 Å². The van der Waals surface area contributed by atoms with Crippen LogP contribution in [0.5, 0.6) is 5.75 Å². The molecular formula is C13H19NO. The van der Waals surface area contributed by atoms with Gasteiger partial charge in [0.15, 0.2) is 0 Å². The first-order chi connectivity index (χ1) is 7.31. The quantitative estimate of drug-likeness (QED) is 0.735.